The van der Waals surface area contributed by atoms with Crippen molar-refractivity contribution in [3.63, 3.8) is 0 Å². The van der Waals surface area contributed by atoms with Crippen molar-refractivity contribution < 1.29 is 29.0 Å². The van der Waals surface area contributed by atoms with Crippen molar-refractivity contribution in [2.45, 2.75) is 51.3 Å². The number of carbonyl (C=O) groups excluding carboxylic acids is 3. The van der Waals surface area contributed by atoms with E-state index in [1.807, 2.05) is 127 Å². The number of rotatable bonds is 13. The standard InChI is InChI=1S/C42H46N2O6/c45-25-24-44(29-34-14-6-2-7-15-34)40(46)28-36-18-10-11-19-37(26-32-12-4-1-5-13-32)42(48)50-31-38(43-41(36)47)27-33-20-22-39(23-21-33)49-30-35-16-8-3-9-17-35/h1-17,20-23,36-38,45H,18-19,24-31H2,(H,43,47)/t36-,37+,38+/m1/s1. The van der Waals surface area contributed by atoms with Gasteiger partial charge >= 0.3 is 5.97 Å². The van der Waals surface area contributed by atoms with Gasteiger partial charge in [0.1, 0.15) is 19.0 Å². The Balaban J connectivity index is 1.31. The average molecular weight is 675 g/mol. The lowest BCUT2D eigenvalue weighted by atomic mass is 9.94. The summed E-state index contributed by atoms with van der Waals surface area (Å²) >= 11 is 0. The van der Waals surface area contributed by atoms with E-state index in [2.05, 4.69) is 5.32 Å². The van der Waals surface area contributed by atoms with Crippen molar-refractivity contribution in [3.05, 3.63) is 150 Å². The summed E-state index contributed by atoms with van der Waals surface area (Å²) in [6.45, 7) is 0.783. The summed E-state index contributed by atoms with van der Waals surface area (Å²) in [4.78, 5) is 42.4. The van der Waals surface area contributed by atoms with Crippen LogP contribution in [0, 0.1) is 11.8 Å². The number of aliphatic hydroxyl groups is 1. The molecule has 1 heterocycles. The number of hydrogen-bond donors (Lipinski definition) is 2. The van der Waals surface area contributed by atoms with Crippen LogP contribution in [0.1, 0.15) is 41.5 Å². The van der Waals surface area contributed by atoms with Crippen molar-refractivity contribution in [3.8, 4) is 5.75 Å². The average Bonchev–Trinajstić information content (AvgIpc) is 3.14. The zero-order valence-corrected chi connectivity index (χ0v) is 28.4. The Labute approximate surface area is 294 Å². The SMILES string of the molecule is O=C1N[C@@H](Cc2ccc(OCc3ccccc3)cc2)COC(=O)[C@H](Cc2ccccc2)CC=CC[C@@H]1CC(=O)N(CCO)Cc1ccccc1. The Kier molecular flexibility index (Phi) is 13.8. The summed E-state index contributed by atoms with van der Waals surface area (Å²) in [5.41, 5.74) is 4.00. The van der Waals surface area contributed by atoms with Crippen molar-refractivity contribution in [2.75, 3.05) is 19.8 Å². The molecule has 0 aromatic heterocycles. The molecule has 0 saturated carbocycles. The van der Waals surface area contributed by atoms with Crippen LogP contribution in [0.3, 0.4) is 0 Å². The van der Waals surface area contributed by atoms with E-state index in [4.69, 9.17) is 9.47 Å². The molecule has 0 aliphatic carbocycles. The van der Waals surface area contributed by atoms with Crippen LogP contribution in [0.25, 0.3) is 0 Å². The molecule has 0 radical (unpaired) electrons. The van der Waals surface area contributed by atoms with Crippen LogP contribution in [0.15, 0.2) is 127 Å². The summed E-state index contributed by atoms with van der Waals surface area (Å²) in [6.07, 6.45) is 5.53. The Bertz CT molecular complexity index is 1660. The van der Waals surface area contributed by atoms with Gasteiger partial charge in [-0.1, -0.05) is 115 Å². The molecule has 4 aromatic carbocycles. The highest BCUT2D eigenvalue weighted by atomic mass is 16.5. The van der Waals surface area contributed by atoms with Crippen LogP contribution < -0.4 is 10.1 Å². The van der Waals surface area contributed by atoms with Gasteiger partial charge in [0.25, 0.3) is 0 Å². The molecule has 0 spiro atoms. The van der Waals surface area contributed by atoms with Crippen LogP contribution in [0.4, 0.5) is 0 Å². The van der Waals surface area contributed by atoms with E-state index in [1.165, 1.54) is 0 Å². The third-order valence-electron chi connectivity index (χ3n) is 8.82. The molecule has 2 N–H and O–H groups in total. The molecule has 0 unspecified atom stereocenters. The van der Waals surface area contributed by atoms with Gasteiger partial charge in [-0.15, -0.1) is 0 Å². The van der Waals surface area contributed by atoms with E-state index in [-0.39, 0.29) is 44.0 Å². The fourth-order valence-electron chi connectivity index (χ4n) is 6.04. The summed E-state index contributed by atoms with van der Waals surface area (Å²) in [7, 11) is 0. The van der Waals surface area contributed by atoms with E-state index >= 15 is 0 Å². The fraction of sp³-hybridized carbons (Fsp3) is 0.310. The molecule has 260 valence electrons. The number of benzene rings is 4. The first-order valence-corrected chi connectivity index (χ1v) is 17.3. The van der Waals surface area contributed by atoms with E-state index in [0.717, 1.165) is 28.0 Å². The van der Waals surface area contributed by atoms with E-state index in [1.54, 1.807) is 4.90 Å². The van der Waals surface area contributed by atoms with Crippen LogP contribution in [-0.2, 0) is 45.1 Å². The highest BCUT2D eigenvalue weighted by molar-refractivity contribution is 5.86. The first-order valence-electron chi connectivity index (χ1n) is 17.3. The molecule has 0 saturated heterocycles. The number of hydrogen-bond acceptors (Lipinski definition) is 6. The lowest BCUT2D eigenvalue weighted by molar-refractivity contribution is -0.150. The van der Waals surface area contributed by atoms with Crippen molar-refractivity contribution in [1.82, 2.24) is 10.2 Å². The highest BCUT2D eigenvalue weighted by Crippen LogP contribution is 2.21. The normalized spacial score (nSPS) is 18.2. The van der Waals surface area contributed by atoms with Crippen LogP contribution in [0.5, 0.6) is 5.75 Å². The second-order valence-corrected chi connectivity index (χ2v) is 12.7. The van der Waals surface area contributed by atoms with E-state index < -0.39 is 17.9 Å². The zero-order chi connectivity index (χ0) is 35.0. The number of esters is 1. The number of ether oxygens (including phenoxy) is 2. The summed E-state index contributed by atoms with van der Waals surface area (Å²) in [5, 5.41) is 12.8. The van der Waals surface area contributed by atoms with Gasteiger partial charge in [-0.2, -0.15) is 0 Å². The molecule has 1 aliphatic rings. The largest absolute Gasteiger partial charge is 0.489 e. The van der Waals surface area contributed by atoms with E-state index in [9.17, 15) is 19.5 Å². The van der Waals surface area contributed by atoms with Crippen molar-refractivity contribution in [2.24, 2.45) is 11.8 Å². The fourth-order valence-corrected chi connectivity index (χ4v) is 6.04. The number of cyclic esters (lactones) is 1. The molecule has 0 fully saturated rings. The first-order chi connectivity index (χ1) is 24.5. The topological polar surface area (TPSA) is 105 Å². The maximum atomic E-state index is 13.8. The second-order valence-electron chi connectivity index (χ2n) is 12.7. The molecular formula is C42H46N2O6. The molecule has 5 rings (SSSR count). The molecule has 1 aliphatic heterocycles. The maximum absolute atomic E-state index is 13.8. The van der Waals surface area contributed by atoms with Gasteiger partial charge in [-0.3, -0.25) is 14.4 Å². The maximum Gasteiger partial charge on any atom is 0.309 e. The second kappa shape index (κ2) is 19.1. The zero-order valence-electron chi connectivity index (χ0n) is 28.4. The monoisotopic (exact) mass is 674 g/mol. The lowest BCUT2D eigenvalue weighted by Gasteiger charge is -2.27. The van der Waals surface area contributed by atoms with Gasteiger partial charge in [0.2, 0.25) is 11.8 Å². The minimum atomic E-state index is -0.644. The van der Waals surface area contributed by atoms with Crippen molar-refractivity contribution in [1.29, 1.82) is 0 Å². The molecule has 8 heteroatoms. The minimum absolute atomic E-state index is 0.00283. The van der Waals surface area contributed by atoms with E-state index in [0.29, 0.717) is 38.8 Å². The number of nitrogens with zero attached hydrogens (tertiary/aromatic N) is 1. The summed E-state index contributed by atoms with van der Waals surface area (Å²) in [5.74, 6) is -1.11. The number of amides is 2. The quantitative estimate of drug-likeness (QED) is 0.132. The molecule has 3 atom stereocenters. The predicted octanol–water partition coefficient (Wildman–Crippen LogP) is 6.07. The predicted molar refractivity (Wildman–Crippen MR) is 193 cm³/mol. The van der Waals surface area contributed by atoms with Crippen LogP contribution in [-0.4, -0.2) is 53.6 Å². The van der Waals surface area contributed by atoms with Crippen LogP contribution >= 0.6 is 0 Å². The number of allylic oxidation sites excluding steroid dienone is 2. The Morgan fingerprint density at radius 3 is 1.96 bits per heavy atom. The summed E-state index contributed by atoms with van der Waals surface area (Å²) < 4.78 is 11.8. The smallest absolute Gasteiger partial charge is 0.309 e. The van der Waals surface area contributed by atoms with Crippen molar-refractivity contribution >= 4 is 17.8 Å². The van der Waals surface area contributed by atoms with Gasteiger partial charge in [-0.25, -0.2) is 0 Å². The van der Waals surface area contributed by atoms with Gasteiger partial charge in [0.05, 0.1) is 24.5 Å². The molecule has 8 nitrogen and oxygen atoms in total. The molecule has 0 bridgehead atoms. The summed E-state index contributed by atoms with van der Waals surface area (Å²) in [6, 6.07) is 36.6. The Hall–Kier alpha value is -5.21. The van der Waals surface area contributed by atoms with Gasteiger partial charge in [0, 0.05) is 19.5 Å². The molecule has 50 heavy (non-hydrogen) atoms. The Morgan fingerprint density at radius 2 is 1.32 bits per heavy atom. The molecular weight excluding hydrogens is 628 g/mol. The molecule has 4 aromatic rings. The first kappa shape index (κ1) is 36.1. The van der Waals surface area contributed by atoms with Gasteiger partial charge < -0.3 is 24.8 Å². The third kappa shape index (κ3) is 11.4. The van der Waals surface area contributed by atoms with Gasteiger partial charge in [0.15, 0.2) is 0 Å². The van der Waals surface area contributed by atoms with Crippen LogP contribution in [0.2, 0.25) is 0 Å². The number of carbonyl (C=O) groups is 3. The lowest BCUT2D eigenvalue weighted by Crippen LogP contribution is -2.45. The minimum Gasteiger partial charge on any atom is -0.489 e. The van der Waals surface area contributed by atoms with Gasteiger partial charge in [-0.05, 0) is 60.1 Å². The number of aliphatic hydroxyl groups excluding tert-OH is 1. The molecule has 2 amide bonds. The Morgan fingerprint density at radius 1 is 0.740 bits per heavy atom. The number of nitrogens with one attached hydrogen (secondary N) is 1. The third-order valence-corrected chi connectivity index (χ3v) is 8.82. The highest BCUT2D eigenvalue weighted by Gasteiger charge is 2.28.